The lowest BCUT2D eigenvalue weighted by Gasteiger charge is -2.56. The zero-order valence-electron chi connectivity index (χ0n) is 15.8. The van der Waals surface area contributed by atoms with Crippen LogP contribution < -0.4 is 10.6 Å². The summed E-state index contributed by atoms with van der Waals surface area (Å²) in [6.07, 6.45) is 8.03. The van der Waals surface area contributed by atoms with Crippen LogP contribution in [0, 0.1) is 17.8 Å². The van der Waals surface area contributed by atoms with Gasteiger partial charge in [0.2, 0.25) is 5.91 Å². The summed E-state index contributed by atoms with van der Waals surface area (Å²) < 4.78 is 0. The molecule has 1 heterocycles. The second kappa shape index (κ2) is 6.99. The number of nitrogens with one attached hydrogen (secondary N) is 2. The first-order valence-corrected chi connectivity index (χ1v) is 11.1. The van der Waals surface area contributed by atoms with Crippen molar-refractivity contribution in [3.63, 3.8) is 0 Å². The van der Waals surface area contributed by atoms with Crippen LogP contribution in [0.25, 0.3) is 0 Å². The fourth-order valence-electron chi connectivity index (χ4n) is 6.01. The van der Waals surface area contributed by atoms with Gasteiger partial charge >= 0.3 is 0 Å². The van der Waals surface area contributed by atoms with Gasteiger partial charge in [-0.1, -0.05) is 18.2 Å². The number of hydrogen-bond acceptors (Lipinski definition) is 4. The molecular formula is C22H25N3O2S. The van der Waals surface area contributed by atoms with Crippen molar-refractivity contribution in [2.45, 2.75) is 43.9 Å². The van der Waals surface area contributed by atoms with Gasteiger partial charge in [-0.15, -0.1) is 11.3 Å². The summed E-state index contributed by atoms with van der Waals surface area (Å²) in [6, 6.07) is 8.91. The largest absolute Gasteiger partial charge is 0.343 e. The fourth-order valence-corrected chi connectivity index (χ4v) is 6.86. The number of carbonyl (C=O) groups excluding carboxylic acids is 2. The van der Waals surface area contributed by atoms with Crippen molar-refractivity contribution in [2.24, 2.45) is 17.8 Å². The molecule has 6 rings (SSSR count). The predicted octanol–water partition coefficient (Wildman–Crippen LogP) is 3.98. The van der Waals surface area contributed by atoms with E-state index >= 15 is 0 Å². The zero-order chi connectivity index (χ0) is 19.1. The fraction of sp³-hybridized carbons (Fsp3) is 0.500. The van der Waals surface area contributed by atoms with Crippen molar-refractivity contribution in [2.75, 3.05) is 11.9 Å². The molecule has 5 nitrogen and oxygen atoms in total. The zero-order valence-corrected chi connectivity index (χ0v) is 16.6. The van der Waals surface area contributed by atoms with E-state index in [0.29, 0.717) is 10.7 Å². The van der Waals surface area contributed by atoms with Crippen LogP contribution in [0.1, 0.15) is 54.6 Å². The number of aromatic nitrogens is 1. The van der Waals surface area contributed by atoms with Gasteiger partial charge < -0.3 is 10.6 Å². The molecular weight excluding hydrogens is 370 g/mol. The first-order valence-electron chi connectivity index (χ1n) is 10.2. The molecule has 4 aliphatic carbocycles. The maximum atomic E-state index is 12.2. The van der Waals surface area contributed by atoms with Crippen molar-refractivity contribution in [3.8, 4) is 0 Å². The van der Waals surface area contributed by atoms with Crippen LogP contribution in [0.5, 0.6) is 0 Å². The van der Waals surface area contributed by atoms with Gasteiger partial charge in [-0.3, -0.25) is 9.59 Å². The second-order valence-electron chi connectivity index (χ2n) is 8.83. The van der Waals surface area contributed by atoms with E-state index < -0.39 is 0 Å². The quantitative estimate of drug-likeness (QED) is 0.804. The third-order valence-corrected chi connectivity index (χ3v) is 7.54. The molecule has 2 aromatic rings. The van der Waals surface area contributed by atoms with Crippen molar-refractivity contribution in [1.82, 2.24) is 10.3 Å². The molecule has 0 saturated heterocycles. The summed E-state index contributed by atoms with van der Waals surface area (Å²) >= 11 is 1.50. The topological polar surface area (TPSA) is 71.1 Å². The third kappa shape index (κ3) is 3.34. The van der Waals surface area contributed by atoms with Gasteiger partial charge in [-0.25, -0.2) is 4.98 Å². The Kier molecular flexibility index (Phi) is 4.46. The van der Waals surface area contributed by atoms with E-state index in [1.807, 2.05) is 6.07 Å². The molecule has 0 unspecified atom stereocenters. The van der Waals surface area contributed by atoms with Crippen molar-refractivity contribution < 1.29 is 9.59 Å². The molecule has 0 aliphatic heterocycles. The second-order valence-corrected chi connectivity index (χ2v) is 9.69. The number of rotatable bonds is 5. The summed E-state index contributed by atoms with van der Waals surface area (Å²) in [5.41, 5.74) is 1.98. The van der Waals surface area contributed by atoms with Crippen molar-refractivity contribution in [3.05, 3.63) is 47.0 Å². The van der Waals surface area contributed by atoms with Crippen LogP contribution in [-0.4, -0.2) is 23.3 Å². The number of carbonyl (C=O) groups is 2. The number of nitrogens with zero attached hydrogens (tertiary/aromatic N) is 1. The highest BCUT2D eigenvalue weighted by molar-refractivity contribution is 7.14. The standard InChI is InChI=1S/C22H25N3O2S/c26-19(12-23-20(27)17-4-2-1-3-5-17)25-21-24-18(13-28-21)22-9-14-6-15(10-22)8-16(7-14)11-22/h1-5,13-16H,6-12H2,(H,23,27)(H,24,25,26). The number of anilines is 1. The van der Waals surface area contributed by atoms with Crippen LogP contribution in [-0.2, 0) is 10.2 Å². The monoisotopic (exact) mass is 395 g/mol. The first-order chi connectivity index (χ1) is 13.6. The Hall–Kier alpha value is -2.21. The van der Waals surface area contributed by atoms with Crippen molar-refractivity contribution >= 4 is 28.3 Å². The van der Waals surface area contributed by atoms with Crippen LogP contribution in [0.15, 0.2) is 35.7 Å². The Morgan fingerprint density at radius 3 is 2.32 bits per heavy atom. The molecule has 4 bridgehead atoms. The molecule has 2 N–H and O–H groups in total. The minimum absolute atomic E-state index is 0.0555. The molecule has 2 amide bonds. The Morgan fingerprint density at radius 2 is 1.68 bits per heavy atom. The molecule has 0 atom stereocenters. The Balaban J connectivity index is 1.20. The van der Waals surface area contributed by atoms with Gasteiger partial charge in [0.05, 0.1) is 12.2 Å². The van der Waals surface area contributed by atoms with E-state index in [9.17, 15) is 9.59 Å². The molecule has 1 aromatic carbocycles. The maximum absolute atomic E-state index is 12.2. The maximum Gasteiger partial charge on any atom is 0.251 e. The van der Waals surface area contributed by atoms with Crippen LogP contribution in [0.3, 0.4) is 0 Å². The van der Waals surface area contributed by atoms with Gasteiger partial charge in [0.15, 0.2) is 5.13 Å². The van der Waals surface area contributed by atoms with Gasteiger partial charge in [-0.2, -0.15) is 0 Å². The average molecular weight is 396 g/mol. The third-order valence-electron chi connectivity index (χ3n) is 6.78. The number of hydrogen-bond donors (Lipinski definition) is 2. The summed E-state index contributed by atoms with van der Waals surface area (Å²) in [5.74, 6) is 2.14. The molecule has 1 aromatic heterocycles. The van der Waals surface area contributed by atoms with Gasteiger partial charge in [0, 0.05) is 16.4 Å². The lowest BCUT2D eigenvalue weighted by atomic mass is 9.49. The minimum Gasteiger partial charge on any atom is -0.343 e. The van der Waals surface area contributed by atoms with E-state index in [1.54, 1.807) is 24.3 Å². The highest BCUT2D eigenvalue weighted by Crippen LogP contribution is 2.60. The normalized spacial score (nSPS) is 30.2. The molecule has 146 valence electrons. The van der Waals surface area contributed by atoms with E-state index in [0.717, 1.165) is 17.8 Å². The average Bonchev–Trinajstić information content (AvgIpc) is 3.15. The highest BCUT2D eigenvalue weighted by Gasteiger charge is 2.52. The molecule has 0 spiro atoms. The summed E-state index contributed by atoms with van der Waals surface area (Å²) in [6.45, 7) is -0.0555. The lowest BCUT2D eigenvalue weighted by Crippen LogP contribution is -2.48. The van der Waals surface area contributed by atoms with E-state index in [2.05, 4.69) is 16.0 Å². The Labute approximate surface area is 168 Å². The van der Waals surface area contributed by atoms with Gasteiger partial charge in [0.1, 0.15) is 0 Å². The number of thiazole rings is 1. The summed E-state index contributed by atoms with van der Waals surface area (Å²) in [5, 5.41) is 8.30. The molecule has 4 fully saturated rings. The predicted molar refractivity (Wildman–Crippen MR) is 109 cm³/mol. The molecule has 4 aliphatic rings. The van der Waals surface area contributed by atoms with Crippen LogP contribution in [0.2, 0.25) is 0 Å². The summed E-state index contributed by atoms with van der Waals surface area (Å²) in [7, 11) is 0. The van der Waals surface area contributed by atoms with E-state index in [1.165, 1.54) is 55.6 Å². The van der Waals surface area contributed by atoms with E-state index in [-0.39, 0.29) is 23.8 Å². The smallest absolute Gasteiger partial charge is 0.251 e. The lowest BCUT2D eigenvalue weighted by molar-refractivity contribution is -0.115. The Bertz CT molecular complexity index is 857. The van der Waals surface area contributed by atoms with Gasteiger partial charge in [-0.05, 0) is 68.4 Å². The molecule has 28 heavy (non-hydrogen) atoms. The first kappa shape index (κ1) is 17.9. The van der Waals surface area contributed by atoms with E-state index in [4.69, 9.17) is 4.98 Å². The van der Waals surface area contributed by atoms with Crippen molar-refractivity contribution in [1.29, 1.82) is 0 Å². The highest BCUT2D eigenvalue weighted by atomic mass is 32.1. The number of amides is 2. The minimum atomic E-state index is -0.246. The molecule has 6 heteroatoms. The van der Waals surface area contributed by atoms with Gasteiger partial charge in [0.25, 0.3) is 5.91 Å². The number of benzene rings is 1. The molecule has 0 radical (unpaired) electrons. The SMILES string of the molecule is O=C(CNC(=O)c1ccccc1)Nc1nc(C23CC4CC(CC(C4)C2)C3)cs1. The Morgan fingerprint density at radius 1 is 1.04 bits per heavy atom. The van der Waals surface area contributed by atoms with Crippen LogP contribution >= 0.6 is 11.3 Å². The molecule has 4 saturated carbocycles. The van der Waals surface area contributed by atoms with Crippen LogP contribution in [0.4, 0.5) is 5.13 Å². The summed E-state index contributed by atoms with van der Waals surface area (Å²) in [4.78, 5) is 29.1.